The van der Waals surface area contributed by atoms with Crippen molar-refractivity contribution in [2.45, 2.75) is 38.8 Å². The van der Waals surface area contributed by atoms with Crippen LogP contribution in [0.1, 0.15) is 47.4 Å². The van der Waals surface area contributed by atoms with Crippen molar-refractivity contribution in [1.29, 1.82) is 0 Å². The number of pyridine rings is 1. The van der Waals surface area contributed by atoms with Crippen molar-refractivity contribution in [2.24, 2.45) is 0 Å². The first-order valence-electron chi connectivity index (χ1n) is 10.8. The first kappa shape index (κ1) is 24.0. The van der Waals surface area contributed by atoms with Crippen LogP contribution in [-0.2, 0) is 11.2 Å². The number of fused-ring (bicyclic) bond motifs is 1. The molecule has 1 aromatic carbocycles. The number of nitrogens with zero attached hydrogens (tertiary/aromatic N) is 4. The van der Waals surface area contributed by atoms with E-state index in [0.717, 1.165) is 29.9 Å². The smallest absolute Gasteiger partial charge is 0.274 e. The lowest BCUT2D eigenvalue weighted by Crippen LogP contribution is -2.49. The second-order valence-corrected chi connectivity index (χ2v) is 9.28. The molecule has 1 amide bonds. The van der Waals surface area contributed by atoms with E-state index in [-0.39, 0.29) is 46.9 Å². The molecule has 8 nitrogen and oxygen atoms in total. The highest BCUT2D eigenvalue weighted by atomic mass is 32.1. The number of carbonyl (C=O) groups is 1. The zero-order valence-corrected chi connectivity index (χ0v) is 19.7. The maximum Gasteiger partial charge on any atom is 0.274 e. The maximum atomic E-state index is 14.0. The van der Waals surface area contributed by atoms with Gasteiger partial charge in [-0.15, -0.1) is 10.2 Å². The number of rotatable bonds is 7. The maximum absolute atomic E-state index is 14.0. The van der Waals surface area contributed by atoms with Gasteiger partial charge in [-0.25, -0.2) is 8.78 Å². The number of hydrogen-bond donors (Lipinski definition) is 1. The predicted molar refractivity (Wildman–Crippen MR) is 122 cm³/mol. The van der Waals surface area contributed by atoms with Crippen molar-refractivity contribution in [1.82, 2.24) is 19.7 Å². The number of amides is 1. The van der Waals surface area contributed by atoms with Gasteiger partial charge in [0.1, 0.15) is 16.6 Å². The lowest BCUT2D eigenvalue weighted by Gasteiger charge is -2.39. The molecule has 3 heterocycles. The normalized spacial score (nSPS) is 16.6. The third-order valence-corrected chi connectivity index (χ3v) is 6.97. The molecule has 0 fully saturated rings. The summed E-state index contributed by atoms with van der Waals surface area (Å²) in [6, 6.07) is 2.88. The number of halogens is 2. The molecular formula is C23H24F2N4O4S. The lowest BCUT2D eigenvalue weighted by atomic mass is 10.1. The van der Waals surface area contributed by atoms with Gasteiger partial charge in [0.25, 0.3) is 5.91 Å². The Morgan fingerprint density at radius 2 is 2.06 bits per heavy atom. The van der Waals surface area contributed by atoms with Gasteiger partial charge in [0.15, 0.2) is 16.5 Å². The van der Waals surface area contributed by atoms with Gasteiger partial charge in [-0.05, 0) is 25.0 Å². The zero-order chi connectivity index (χ0) is 24.6. The van der Waals surface area contributed by atoms with E-state index < -0.39 is 28.7 Å². The van der Waals surface area contributed by atoms with E-state index in [1.807, 2.05) is 13.8 Å². The fraction of sp³-hybridized carbons (Fsp3) is 0.391. The molecule has 34 heavy (non-hydrogen) atoms. The minimum absolute atomic E-state index is 0.0662. The molecule has 1 N–H and O–H groups in total. The molecule has 0 saturated heterocycles. The Bertz CT molecular complexity index is 1290. The largest absolute Gasteiger partial charge is 0.503 e. The van der Waals surface area contributed by atoms with Gasteiger partial charge < -0.3 is 19.3 Å². The van der Waals surface area contributed by atoms with Crippen LogP contribution >= 0.6 is 11.3 Å². The van der Waals surface area contributed by atoms with E-state index in [1.54, 1.807) is 16.6 Å². The van der Waals surface area contributed by atoms with Crippen LogP contribution in [0.5, 0.6) is 5.75 Å². The summed E-state index contributed by atoms with van der Waals surface area (Å²) in [5, 5.41) is 19.5. The molecular weight excluding hydrogens is 466 g/mol. The number of methoxy groups -OCH3 is 1. The first-order valence-corrected chi connectivity index (χ1v) is 11.6. The minimum atomic E-state index is -0.738. The molecule has 4 rings (SSSR count). The van der Waals surface area contributed by atoms with Crippen molar-refractivity contribution in [3.8, 4) is 16.3 Å². The third kappa shape index (κ3) is 4.32. The molecule has 180 valence electrons. The van der Waals surface area contributed by atoms with Gasteiger partial charge in [-0.2, -0.15) is 0 Å². The fourth-order valence-electron chi connectivity index (χ4n) is 3.99. The number of benzene rings is 1. The van der Waals surface area contributed by atoms with Gasteiger partial charge in [0, 0.05) is 38.4 Å². The van der Waals surface area contributed by atoms with Crippen LogP contribution in [0.4, 0.5) is 8.78 Å². The Morgan fingerprint density at radius 1 is 1.29 bits per heavy atom. The quantitative estimate of drug-likeness (QED) is 0.545. The molecule has 3 aromatic rings. The zero-order valence-electron chi connectivity index (χ0n) is 18.9. The van der Waals surface area contributed by atoms with Gasteiger partial charge >= 0.3 is 0 Å². The second-order valence-electron chi connectivity index (χ2n) is 8.21. The van der Waals surface area contributed by atoms with E-state index in [4.69, 9.17) is 4.74 Å². The average molecular weight is 491 g/mol. The van der Waals surface area contributed by atoms with Crippen molar-refractivity contribution < 1.29 is 23.4 Å². The van der Waals surface area contributed by atoms with Gasteiger partial charge in [0.2, 0.25) is 5.43 Å². The topological polar surface area (TPSA) is 97.6 Å². The van der Waals surface area contributed by atoms with Crippen molar-refractivity contribution >= 4 is 17.2 Å². The van der Waals surface area contributed by atoms with E-state index in [1.165, 1.54) is 12.3 Å². The van der Waals surface area contributed by atoms with Crippen LogP contribution in [0.3, 0.4) is 0 Å². The SMILES string of the molecule is CC[C@H](C)N1C[C@H](COC)n2cc(-c3nnc(Cc4ccc(F)cc4F)s3)c(=O)c(O)c2C1=O. The summed E-state index contributed by atoms with van der Waals surface area (Å²) in [5.41, 5.74) is -0.502. The predicted octanol–water partition coefficient (Wildman–Crippen LogP) is 3.38. The summed E-state index contributed by atoms with van der Waals surface area (Å²) in [7, 11) is 1.54. The Morgan fingerprint density at radius 3 is 2.74 bits per heavy atom. The number of hydrogen-bond acceptors (Lipinski definition) is 7. The third-order valence-electron chi connectivity index (χ3n) is 6.01. The van der Waals surface area contributed by atoms with E-state index in [9.17, 15) is 23.5 Å². The summed E-state index contributed by atoms with van der Waals surface area (Å²) in [4.78, 5) is 27.8. The monoisotopic (exact) mass is 490 g/mol. The summed E-state index contributed by atoms with van der Waals surface area (Å²) in [6.45, 7) is 4.49. The van der Waals surface area contributed by atoms with Gasteiger partial charge in [-0.3, -0.25) is 9.59 Å². The van der Waals surface area contributed by atoms with Crippen LogP contribution in [0, 0.1) is 11.6 Å². The summed E-state index contributed by atoms with van der Waals surface area (Å²) < 4.78 is 34.1. The van der Waals surface area contributed by atoms with E-state index in [2.05, 4.69) is 10.2 Å². The van der Waals surface area contributed by atoms with Gasteiger partial charge in [-0.1, -0.05) is 24.3 Å². The molecule has 1 aliphatic rings. The summed E-state index contributed by atoms with van der Waals surface area (Å²) in [5.74, 6) is -2.45. The Kier molecular flexibility index (Phi) is 6.76. The Balaban J connectivity index is 1.74. The molecule has 11 heteroatoms. The van der Waals surface area contributed by atoms with Crippen molar-refractivity contribution in [3.05, 3.63) is 62.5 Å². The number of aromatic nitrogens is 3. The number of aromatic hydroxyl groups is 1. The molecule has 0 unspecified atom stereocenters. The van der Waals surface area contributed by atoms with Crippen molar-refractivity contribution in [2.75, 3.05) is 20.3 Å². The molecule has 1 aliphatic heterocycles. The fourth-order valence-corrected chi connectivity index (χ4v) is 4.86. The highest BCUT2D eigenvalue weighted by molar-refractivity contribution is 7.14. The molecule has 0 bridgehead atoms. The van der Waals surface area contributed by atoms with E-state index in [0.29, 0.717) is 11.6 Å². The van der Waals surface area contributed by atoms with Crippen LogP contribution in [0.15, 0.2) is 29.2 Å². The minimum Gasteiger partial charge on any atom is -0.503 e. The molecule has 0 spiro atoms. The Hall–Kier alpha value is -3.18. The first-order chi connectivity index (χ1) is 16.2. The Labute approximate surface area is 198 Å². The molecule has 0 radical (unpaired) electrons. The second kappa shape index (κ2) is 9.59. The number of carbonyl (C=O) groups excluding carboxylic acids is 1. The van der Waals surface area contributed by atoms with Crippen LogP contribution in [0.25, 0.3) is 10.6 Å². The summed E-state index contributed by atoms with van der Waals surface area (Å²) in [6.07, 6.45) is 2.28. The van der Waals surface area contributed by atoms with Gasteiger partial charge in [0.05, 0.1) is 18.2 Å². The lowest BCUT2D eigenvalue weighted by molar-refractivity contribution is 0.0488. The molecule has 2 aromatic heterocycles. The molecule has 0 saturated carbocycles. The van der Waals surface area contributed by atoms with Crippen LogP contribution < -0.4 is 5.43 Å². The summed E-state index contributed by atoms with van der Waals surface area (Å²) >= 11 is 1.06. The molecule has 2 atom stereocenters. The van der Waals surface area contributed by atoms with Crippen LogP contribution in [-0.4, -0.2) is 57.0 Å². The average Bonchev–Trinajstić information content (AvgIpc) is 3.27. The van der Waals surface area contributed by atoms with Crippen molar-refractivity contribution in [3.63, 3.8) is 0 Å². The van der Waals surface area contributed by atoms with E-state index >= 15 is 0 Å². The standard InChI is InChI=1S/C23H24F2N4O4S/c1-4-12(2)28-9-15(11-33-3)29-10-16(20(30)21(31)19(29)23(28)32)22-27-26-18(34-22)7-13-5-6-14(24)8-17(13)25/h5-6,8,10,12,15,31H,4,7,9,11H2,1-3H3/t12-,15+/m0/s1. The van der Waals surface area contributed by atoms with Crippen LogP contribution in [0.2, 0.25) is 0 Å². The highest BCUT2D eigenvalue weighted by Gasteiger charge is 2.36. The highest BCUT2D eigenvalue weighted by Crippen LogP contribution is 2.32. The molecule has 0 aliphatic carbocycles. The number of ether oxygens (including phenoxy) is 1.